The molecular weight excluding hydrogens is 447 g/mol. The molecule has 1 N–H and O–H groups in total. The minimum absolute atomic E-state index is 0.0582. The highest BCUT2D eigenvalue weighted by Gasteiger charge is 2.31. The van der Waals surface area contributed by atoms with Crippen molar-refractivity contribution in [3.63, 3.8) is 0 Å². The predicted molar refractivity (Wildman–Crippen MR) is 121 cm³/mol. The van der Waals surface area contributed by atoms with Gasteiger partial charge in [-0.3, -0.25) is 0 Å². The van der Waals surface area contributed by atoms with Gasteiger partial charge in [0.05, 0.1) is 12.1 Å². The first-order valence-corrected chi connectivity index (χ1v) is 10.8. The fourth-order valence-electron chi connectivity index (χ4n) is 4.08. The van der Waals surface area contributed by atoms with Gasteiger partial charge in [-0.1, -0.05) is 48.5 Å². The normalized spacial score (nSPS) is 13.7. The first-order valence-electron chi connectivity index (χ1n) is 10.8. The van der Waals surface area contributed by atoms with Crippen molar-refractivity contribution >= 4 is 6.09 Å². The largest absolute Gasteiger partial charge is 0.491 e. The molecule has 3 aromatic carbocycles. The number of aliphatic hydroxyl groups excluding tert-OH is 1. The molecule has 1 unspecified atom stereocenters. The minimum Gasteiger partial charge on any atom is -0.491 e. The molecule has 178 valence electrons. The lowest BCUT2D eigenvalue weighted by molar-refractivity contribution is -0.137. The fraction of sp³-hybridized carbons (Fsp3) is 0.269. The Bertz CT molecular complexity index is 1100. The number of aliphatic hydroxyl groups is 1. The maximum absolute atomic E-state index is 12.6. The Morgan fingerprint density at radius 2 is 1.53 bits per heavy atom. The van der Waals surface area contributed by atoms with Crippen LogP contribution in [0.2, 0.25) is 0 Å². The van der Waals surface area contributed by atoms with Crippen LogP contribution in [0.4, 0.5) is 18.0 Å². The van der Waals surface area contributed by atoms with Gasteiger partial charge in [-0.05, 0) is 46.5 Å². The summed E-state index contributed by atoms with van der Waals surface area (Å²) in [6.07, 6.45) is -6.06. The summed E-state index contributed by atoms with van der Waals surface area (Å²) in [4.78, 5) is 13.8. The molecule has 0 bridgehead atoms. The number of ether oxygens (including phenoxy) is 2. The lowest BCUT2D eigenvalue weighted by Crippen LogP contribution is -2.37. The van der Waals surface area contributed by atoms with Crippen molar-refractivity contribution in [3.8, 4) is 16.9 Å². The number of amides is 1. The molecule has 0 spiro atoms. The first-order chi connectivity index (χ1) is 16.2. The van der Waals surface area contributed by atoms with E-state index in [2.05, 4.69) is 12.1 Å². The molecule has 34 heavy (non-hydrogen) atoms. The molecule has 1 atom stereocenters. The fourth-order valence-corrected chi connectivity index (χ4v) is 4.08. The number of fused-ring (bicyclic) bond motifs is 3. The number of carbonyl (C=O) groups is 1. The van der Waals surface area contributed by atoms with Gasteiger partial charge in [0.25, 0.3) is 0 Å². The Morgan fingerprint density at radius 3 is 2.09 bits per heavy atom. The molecule has 1 amide bonds. The van der Waals surface area contributed by atoms with Crippen LogP contribution in [-0.4, -0.2) is 49.0 Å². The van der Waals surface area contributed by atoms with E-state index in [1.165, 1.54) is 24.1 Å². The zero-order valence-electron chi connectivity index (χ0n) is 18.5. The van der Waals surface area contributed by atoms with Crippen LogP contribution in [0.5, 0.6) is 5.75 Å². The zero-order valence-corrected chi connectivity index (χ0v) is 18.5. The van der Waals surface area contributed by atoms with Crippen LogP contribution < -0.4 is 4.74 Å². The van der Waals surface area contributed by atoms with Gasteiger partial charge in [-0.2, -0.15) is 13.2 Å². The monoisotopic (exact) mass is 471 g/mol. The van der Waals surface area contributed by atoms with Gasteiger partial charge in [0.2, 0.25) is 0 Å². The third kappa shape index (κ3) is 5.17. The molecule has 1 aliphatic rings. The second-order valence-corrected chi connectivity index (χ2v) is 8.17. The van der Waals surface area contributed by atoms with Crippen molar-refractivity contribution in [3.05, 3.63) is 89.5 Å². The Kier molecular flexibility index (Phi) is 6.79. The van der Waals surface area contributed by atoms with E-state index in [0.717, 1.165) is 34.4 Å². The van der Waals surface area contributed by atoms with E-state index < -0.39 is 23.9 Å². The number of alkyl halides is 3. The van der Waals surface area contributed by atoms with Crippen LogP contribution in [0, 0.1) is 0 Å². The van der Waals surface area contributed by atoms with Crippen molar-refractivity contribution in [1.82, 2.24) is 4.90 Å². The molecule has 0 radical (unpaired) electrons. The Labute approximate surface area is 195 Å². The van der Waals surface area contributed by atoms with Crippen molar-refractivity contribution in [2.45, 2.75) is 18.2 Å². The maximum atomic E-state index is 12.6. The second kappa shape index (κ2) is 9.77. The minimum atomic E-state index is -4.43. The van der Waals surface area contributed by atoms with Crippen LogP contribution in [0.3, 0.4) is 0 Å². The number of carbonyl (C=O) groups excluding carboxylic acids is 1. The zero-order chi connectivity index (χ0) is 24.3. The van der Waals surface area contributed by atoms with E-state index in [-0.39, 0.29) is 31.4 Å². The summed E-state index contributed by atoms with van der Waals surface area (Å²) < 4.78 is 48.8. The number of benzene rings is 3. The summed E-state index contributed by atoms with van der Waals surface area (Å²) in [5.41, 5.74) is 3.68. The quantitative estimate of drug-likeness (QED) is 0.506. The number of rotatable bonds is 7. The molecule has 0 aromatic heterocycles. The van der Waals surface area contributed by atoms with E-state index in [4.69, 9.17) is 9.47 Å². The van der Waals surface area contributed by atoms with E-state index in [9.17, 15) is 23.1 Å². The molecule has 4 rings (SSSR count). The van der Waals surface area contributed by atoms with Crippen LogP contribution >= 0.6 is 0 Å². The number of hydrogen-bond acceptors (Lipinski definition) is 4. The van der Waals surface area contributed by atoms with Crippen LogP contribution in [-0.2, 0) is 10.9 Å². The molecule has 8 heteroatoms. The molecule has 0 saturated heterocycles. The maximum Gasteiger partial charge on any atom is 0.416 e. The molecule has 5 nitrogen and oxygen atoms in total. The van der Waals surface area contributed by atoms with Gasteiger partial charge >= 0.3 is 12.3 Å². The average molecular weight is 471 g/mol. The van der Waals surface area contributed by atoms with E-state index in [0.29, 0.717) is 0 Å². The summed E-state index contributed by atoms with van der Waals surface area (Å²) in [5.74, 6) is 0.119. The van der Waals surface area contributed by atoms with E-state index in [1.807, 2.05) is 36.4 Å². The summed E-state index contributed by atoms with van der Waals surface area (Å²) in [6.45, 7) is -0.0843. The van der Waals surface area contributed by atoms with Gasteiger partial charge in [0.15, 0.2) is 0 Å². The van der Waals surface area contributed by atoms with Crippen molar-refractivity contribution in [1.29, 1.82) is 0 Å². The summed E-state index contributed by atoms with van der Waals surface area (Å²) in [5, 5.41) is 10.2. The van der Waals surface area contributed by atoms with Crippen LogP contribution in [0.1, 0.15) is 22.6 Å². The van der Waals surface area contributed by atoms with Gasteiger partial charge in [-0.25, -0.2) is 4.79 Å². The van der Waals surface area contributed by atoms with E-state index in [1.54, 1.807) is 0 Å². The molecule has 1 aliphatic carbocycles. The molecule has 0 heterocycles. The molecule has 3 aromatic rings. The third-order valence-electron chi connectivity index (χ3n) is 5.76. The molecule has 0 fully saturated rings. The highest BCUT2D eigenvalue weighted by molar-refractivity contribution is 5.79. The number of nitrogens with zero attached hydrogens (tertiary/aromatic N) is 1. The standard InChI is InChI=1S/C26H24F3NO4/c1-30(14-18(31)15-33-19-12-10-17(11-13-19)26(27,28)29)25(32)34-16-24-22-8-4-2-6-20(22)21-7-3-5-9-23(21)24/h2-13,18,24,31H,14-16H2,1H3. The Balaban J connectivity index is 1.28. The van der Waals surface area contributed by atoms with Gasteiger partial charge in [-0.15, -0.1) is 0 Å². The van der Waals surface area contributed by atoms with E-state index >= 15 is 0 Å². The predicted octanol–water partition coefficient (Wildman–Crippen LogP) is 5.33. The highest BCUT2D eigenvalue weighted by Crippen LogP contribution is 2.44. The lowest BCUT2D eigenvalue weighted by atomic mass is 9.98. The molecular formula is C26H24F3NO4. The van der Waals surface area contributed by atoms with Crippen molar-refractivity contribution in [2.24, 2.45) is 0 Å². The molecule has 0 saturated carbocycles. The Morgan fingerprint density at radius 1 is 0.971 bits per heavy atom. The van der Waals surface area contributed by atoms with Crippen LogP contribution in [0.15, 0.2) is 72.8 Å². The lowest BCUT2D eigenvalue weighted by Gasteiger charge is -2.22. The second-order valence-electron chi connectivity index (χ2n) is 8.17. The van der Waals surface area contributed by atoms with Crippen molar-refractivity contribution < 1.29 is 32.5 Å². The summed E-state index contributed by atoms with van der Waals surface area (Å²) in [6, 6.07) is 20.2. The number of likely N-dealkylation sites (N-methyl/N-ethyl adjacent to an activating group) is 1. The Hall–Kier alpha value is -3.52. The topological polar surface area (TPSA) is 59.0 Å². The average Bonchev–Trinajstić information content (AvgIpc) is 3.14. The summed E-state index contributed by atoms with van der Waals surface area (Å²) in [7, 11) is 1.50. The first kappa shape index (κ1) is 23.6. The van der Waals surface area contributed by atoms with Gasteiger partial charge in [0.1, 0.15) is 25.1 Å². The van der Waals surface area contributed by atoms with Gasteiger partial charge in [0, 0.05) is 13.0 Å². The third-order valence-corrected chi connectivity index (χ3v) is 5.76. The smallest absolute Gasteiger partial charge is 0.416 e. The summed E-state index contributed by atoms with van der Waals surface area (Å²) >= 11 is 0. The van der Waals surface area contributed by atoms with Gasteiger partial charge < -0.3 is 19.5 Å². The molecule has 0 aliphatic heterocycles. The highest BCUT2D eigenvalue weighted by atomic mass is 19.4. The number of hydrogen-bond donors (Lipinski definition) is 1. The van der Waals surface area contributed by atoms with Crippen LogP contribution in [0.25, 0.3) is 11.1 Å². The number of halogens is 3. The van der Waals surface area contributed by atoms with Crippen molar-refractivity contribution in [2.75, 3.05) is 26.8 Å². The SMILES string of the molecule is CN(CC(O)COc1ccc(C(F)(F)F)cc1)C(=O)OCC1c2ccccc2-c2ccccc21.